The number of imide groups is 1. The van der Waals surface area contributed by atoms with E-state index in [-0.39, 0.29) is 18.5 Å². The van der Waals surface area contributed by atoms with E-state index in [2.05, 4.69) is 17.6 Å². The number of urea groups is 1. The number of aryl methyl sites for hydroxylation is 1. The number of nitrogens with zero attached hydrogens (tertiary/aromatic N) is 1. The van der Waals surface area contributed by atoms with Gasteiger partial charge in [-0.25, -0.2) is 4.79 Å². The van der Waals surface area contributed by atoms with Crippen molar-refractivity contribution < 1.29 is 14.4 Å². The number of amides is 4. The summed E-state index contributed by atoms with van der Waals surface area (Å²) < 4.78 is 0. The highest BCUT2D eigenvalue weighted by Gasteiger charge is 2.49. The number of benzene rings is 1. The zero-order chi connectivity index (χ0) is 18.9. The predicted molar refractivity (Wildman–Crippen MR) is 98.3 cm³/mol. The van der Waals surface area contributed by atoms with Crippen molar-refractivity contribution >= 4 is 17.8 Å². The first-order valence-electron chi connectivity index (χ1n) is 9.32. The number of carbonyl (C=O) groups excluding carboxylic acids is 3. The minimum absolute atomic E-state index is 0.125. The Morgan fingerprint density at radius 3 is 2.54 bits per heavy atom. The van der Waals surface area contributed by atoms with Crippen molar-refractivity contribution in [3.05, 3.63) is 35.4 Å². The highest BCUT2D eigenvalue weighted by molar-refractivity contribution is 6.09. The largest absolute Gasteiger partial charge is 0.352 e. The minimum Gasteiger partial charge on any atom is -0.352 e. The summed E-state index contributed by atoms with van der Waals surface area (Å²) in [5, 5.41) is 5.74. The van der Waals surface area contributed by atoms with E-state index in [4.69, 9.17) is 0 Å². The van der Waals surface area contributed by atoms with Crippen LogP contribution in [0.3, 0.4) is 0 Å². The van der Waals surface area contributed by atoms with E-state index in [0.717, 1.165) is 29.7 Å². The van der Waals surface area contributed by atoms with Gasteiger partial charge in [-0.3, -0.25) is 14.5 Å². The fourth-order valence-electron chi connectivity index (χ4n) is 3.85. The first-order chi connectivity index (χ1) is 12.3. The van der Waals surface area contributed by atoms with Crippen molar-refractivity contribution in [3.8, 4) is 0 Å². The highest BCUT2D eigenvalue weighted by Crippen LogP contribution is 2.29. The Morgan fingerprint density at radius 2 is 1.88 bits per heavy atom. The molecule has 1 aromatic carbocycles. The zero-order valence-corrected chi connectivity index (χ0v) is 15.7. The van der Waals surface area contributed by atoms with Crippen molar-refractivity contribution in [1.29, 1.82) is 0 Å². The number of rotatable bonds is 4. The third-order valence-corrected chi connectivity index (χ3v) is 5.66. The maximum Gasteiger partial charge on any atom is 0.325 e. The summed E-state index contributed by atoms with van der Waals surface area (Å²) in [5.41, 5.74) is 0.653. The average Bonchev–Trinajstić information content (AvgIpc) is 2.82. The van der Waals surface area contributed by atoms with Gasteiger partial charge in [0, 0.05) is 6.04 Å². The van der Waals surface area contributed by atoms with Crippen molar-refractivity contribution in [2.45, 2.75) is 58.0 Å². The van der Waals surface area contributed by atoms with Gasteiger partial charge in [-0.05, 0) is 38.2 Å². The van der Waals surface area contributed by atoms with Gasteiger partial charge in [-0.2, -0.15) is 0 Å². The maximum atomic E-state index is 12.9. The van der Waals surface area contributed by atoms with Crippen LogP contribution in [0.1, 0.15) is 50.7 Å². The molecule has 6 heteroatoms. The van der Waals surface area contributed by atoms with E-state index in [1.54, 1.807) is 6.92 Å². The number of carbonyl (C=O) groups is 3. The molecule has 1 saturated carbocycles. The molecule has 3 atom stereocenters. The molecule has 140 valence electrons. The molecule has 6 nitrogen and oxygen atoms in total. The lowest BCUT2D eigenvalue weighted by Gasteiger charge is -2.30. The van der Waals surface area contributed by atoms with Gasteiger partial charge in [0.1, 0.15) is 12.1 Å². The Bertz CT molecular complexity index is 716. The molecule has 1 aromatic rings. The smallest absolute Gasteiger partial charge is 0.325 e. The molecule has 0 unspecified atom stereocenters. The van der Waals surface area contributed by atoms with Crippen LogP contribution in [-0.2, 0) is 15.1 Å². The van der Waals surface area contributed by atoms with Gasteiger partial charge in [0.25, 0.3) is 5.91 Å². The van der Waals surface area contributed by atoms with Crippen molar-refractivity contribution in [1.82, 2.24) is 15.5 Å². The van der Waals surface area contributed by atoms with Crippen LogP contribution in [0.4, 0.5) is 4.79 Å². The lowest BCUT2D eigenvalue weighted by atomic mass is 9.86. The summed E-state index contributed by atoms with van der Waals surface area (Å²) in [6.07, 6.45) is 4.34. The van der Waals surface area contributed by atoms with Gasteiger partial charge in [-0.1, -0.05) is 49.6 Å². The molecule has 0 bridgehead atoms. The molecule has 0 spiro atoms. The third kappa shape index (κ3) is 3.45. The number of nitrogens with one attached hydrogen (secondary N) is 2. The molecule has 4 amide bonds. The van der Waals surface area contributed by atoms with E-state index < -0.39 is 17.5 Å². The van der Waals surface area contributed by atoms with Crippen LogP contribution in [0.25, 0.3) is 0 Å². The Labute approximate surface area is 154 Å². The first kappa shape index (κ1) is 18.4. The molecule has 0 aromatic heterocycles. The molecule has 1 aliphatic heterocycles. The Kier molecular flexibility index (Phi) is 5.03. The first-order valence-corrected chi connectivity index (χ1v) is 9.32. The molecule has 2 aliphatic rings. The minimum atomic E-state index is -1.14. The molecule has 1 aliphatic carbocycles. The van der Waals surface area contributed by atoms with E-state index in [9.17, 15) is 14.4 Å². The molecule has 26 heavy (non-hydrogen) atoms. The van der Waals surface area contributed by atoms with Gasteiger partial charge in [0.15, 0.2) is 0 Å². The van der Waals surface area contributed by atoms with Crippen LogP contribution in [0, 0.1) is 12.8 Å². The second-order valence-electron chi connectivity index (χ2n) is 7.75. The standard InChI is InChI=1S/C20H27N3O3/c1-13-8-10-15(11-9-13)20(3)18(25)23(19(26)22-20)12-17(24)21-16-7-5-4-6-14(16)2/h8-11,14,16H,4-7,12H2,1-3H3,(H,21,24)(H,22,26)/t14-,16-,20+/m0/s1. The molecule has 2 fully saturated rings. The molecule has 1 saturated heterocycles. The lowest BCUT2D eigenvalue weighted by molar-refractivity contribution is -0.135. The fourth-order valence-corrected chi connectivity index (χ4v) is 3.85. The van der Waals surface area contributed by atoms with Crippen LogP contribution in [0.2, 0.25) is 0 Å². The van der Waals surface area contributed by atoms with E-state index in [1.165, 1.54) is 6.42 Å². The van der Waals surface area contributed by atoms with Crippen molar-refractivity contribution in [2.24, 2.45) is 5.92 Å². The Morgan fingerprint density at radius 1 is 1.23 bits per heavy atom. The summed E-state index contributed by atoms with van der Waals surface area (Å²) in [5.74, 6) is -0.243. The maximum absolute atomic E-state index is 12.9. The Balaban J connectivity index is 1.68. The molecule has 2 N–H and O–H groups in total. The third-order valence-electron chi connectivity index (χ3n) is 5.66. The van der Waals surface area contributed by atoms with Crippen LogP contribution in [0.5, 0.6) is 0 Å². The summed E-state index contributed by atoms with van der Waals surface area (Å²) in [6, 6.07) is 7.08. The van der Waals surface area contributed by atoms with Gasteiger partial charge >= 0.3 is 6.03 Å². The normalized spacial score (nSPS) is 28.8. The second kappa shape index (κ2) is 7.09. The van der Waals surface area contributed by atoms with Gasteiger partial charge in [-0.15, -0.1) is 0 Å². The second-order valence-corrected chi connectivity index (χ2v) is 7.75. The van der Waals surface area contributed by atoms with Crippen molar-refractivity contribution in [2.75, 3.05) is 6.54 Å². The average molecular weight is 357 g/mol. The lowest BCUT2D eigenvalue weighted by Crippen LogP contribution is -2.47. The van der Waals surface area contributed by atoms with Gasteiger partial charge in [0.2, 0.25) is 5.91 Å². The van der Waals surface area contributed by atoms with Crippen LogP contribution >= 0.6 is 0 Å². The van der Waals surface area contributed by atoms with Crippen LogP contribution in [-0.4, -0.2) is 35.3 Å². The molecular formula is C20H27N3O3. The Hall–Kier alpha value is -2.37. The predicted octanol–water partition coefficient (Wildman–Crippen LogP) is 2.46. The zero-order valence-electron chi connectivity index (χ0n) is 15.7. The van der Waals surface area contributed by atoms with E-state index in [0.29, 0.717) is 11.5 Å². The molecule has 0 radical (unpaired) electrons. The summed E-state index contributed by atoms with van der Waals surface area (Å²) in [7, 11) is 0. The summed E-state index contributed by atoms with van der Waals surface area (Å²) in [4.78, 5) is 38.7. The van der Waals surface area contributed by atoms with Crippen LogP contribution < -0.4 is 10.6 Å². The number of hydrogen-bond acceptors (Lipinski definition) is 3. The summed E-state index contributed by atoms with van der Waals surface area (Å²) >= 11 is 0. The fraction of sp³-hybridized carbons (Fsp3) is 0.550. The monoisotopic (exact) mass is 357 g/mol. The van der Waals surface area contributed by atoms with Crippen molar-refractivity contribution in [3.63, 3.8) is 0 Å². The van der Waals surface area contributed by atoms with E-state index in [1.807, 2.05) is 31.2 Å². The quantitative estimate of drug-likeness (QED) is 0.813. The highest BCUT2D eigenvalue weighted by atomic mass is 16.2. The summed E-state index contributed by atoms with van der Waals surface area (Å²) in [6.45, 7) is 5.53. The molecular weight excluding hydrogens is 330 g/mol. The van der Waals surface area contributed by atoms with Gasteiger partial charge < -0.3 is 10.6 Å². The molecule has 1 heterocycles. The van der Waals surface area contributed by atoms with Crippen LogP contribution in [0.15, 0.2) is 24.3 Å². The SMILES string of the molecule is Cc1ccc([C@@]2(C)NC(=O)N(CC(=O)N[C@H]3CCCC[C@@H]3C)C2=O)cc1. The topological polar surface area (TPSA) is 78.5 Å². The molecule has 3 rings (SSSR count). The van der Waals surface area contributed by atoms with E-state index >= 15 is 0 Å². The number of hydrogen-bond donors (Lipinski definition) is 2. The van der Waals surface area contributed by atoms with Gasteiger partial charge in [0.05, 0.1) is 0 Å².